The molecular weight excluding hydrogens is 392 g/mol. The minimum Gasteiger partial charge on any atom is -0.337 e. The summed E-state index contributed by atoms with van der Waals surface area (Å²) in [5, 5.41) is 0. The number of amides is 2. The van der Waals surface area contributed by atoms with Crippen molar-refractivity contribution in [3.8, 4) is 0 Å². The van der Waals surface area contributed by atoms with Crippen molar-refractivity contribution < 1.29 is 9.59 Å². The van der Waals surface area contributed by atoms with Crippen molar-refractivity contribution in [2.75, 3.05) is 32.7 Å². The Labute approximate surface area is 182 Å². The van der Waals surface area contributed by atoms with E-state index in [4.69, 9.17) is 0 Å². The fraction of sp³-hybridized carbons (Fsp3) is 0.522. The Kier molecular flexibility index (Phi) is 5.17. The molecule has 5 rings (SSSR count). The van der Waals surface area contributed by atoms with Gasteiger partial charge in [0.1, 0.15) is 12.0 Å². The molecular formula is C23H28N6O2. The van der Waals surface area contributed by atoms with Crippen LogP contribution in [-0.4, -0.2) is 79.7 Å². The van der Waals surface area contributed by atoms with E-state index in [0.717, 1.165) is 39.0 Å². The van der Waals surface area contributed by atoms with Gasteiger partial charge in [0.15, 0.2) is 0 Å². The van der Waals surface area contributed by atoms with Crippen LogP contribution in [0.4, 0.5) is 0 Å². The molecule has 8 nitrogen and oxygen atoms in total. The van der Waals surface area contributed by atoms with Crippen LogP contribution in [0.1, 0.15) is 35.8 Å². The molecule has 2 aromatic heterocycles. The molecule has 0 N–H and O–H groups in total. The molecule has 3 fully saturated rings. The highest BCUT2D eigenvalue weighted by Crippen LogP contribution is 2.49. The van der Waals surface area contributed by atoms with Gasteiger partial charge in [0, 0.05) is 63.8 Å². The van der Waals surface area contributed by atoms with Crippen LogP contribution in [0.5, 0.6) is 0 Å². The smallest absolute Gasteiger partial charge is 0.272 e. The fourth-order valence-corrected chi connectivity index (χ4v) is 5.97. The number of hydrogen-bond acceptors (Lipinski definition) is 6. The van der Waals surface area contributed by atoms with Gasteiger partial charge in [-0.05, 0) is 37.5 Å². The van der Waals surface area contributed by atoms with Crippen molar-refractivity contribution in [3.05, 3.63) is 54.4 Å². The summed E-state index contributed by atoms with van der Waals surface area (Å²) in [6.45, 7) is 6.66. The Morgan fingerprint density at radius 2 is 2.00 bits per heavy atom. The zero-order chi connectivity index (χ0) is 21.4. The second-order valence-electron chi connectivity index (χ2n) is 8.84. The summed E-state index contributed by atoms with van der Waals surface area (Å²) in [5.41, 5.74) is 1.46. The highest BCUT2D eigenvalue weighted by Gasteiger charge is 2.61. The third kappa shape index (κ3) is 3.39. The molecule has 31 heavy (non-hydrogen) atoms. The average Bonchev–Trinajstić information content (AvgIpc) is 3.32. The Morgan fingerprint density at radius 3 is 2.68 bits per heavy atom. The highest BCUT2D eigenvalue weighted by molar-refractivity contribution is 5.92. The van der Waals surface area contributed by atoms with Gasteiger partial charge in [0.25, 0.3) is 5.91 Å². The van der Waals surface area contributed by atoms with Crippen LogP contribution >= 0.6 is 0 Å². The van der Waals surface area contributed by atoms with Gasteiger partial charge in [-0.3, -0.25) is 19.5 Å². The van der Waals surface area contributed by atoms with E-state index in [2.05, 4.69) is 37.7 Å². The van der Waals surface area contributed by atoms with E-state index in [1.807, 2.05) is 17.2 Å². The van der Waals surface area contributed by atoms with Gasteiger partial charge in [-0.2, -0.15) is 0 Å². The van der Waals surface area contributed by atoms with Gasteiger partial charge >= 0.3 is 0 Å². The van der Waals surface area contributed by atoms with Gasteiger partial charge in [-0.25, -0.2) is 9.97 Å². The van der Waals surface area contributed by atoms with Crippen LogP contribution in [0.15, 0.2) is 43.1 Å². The zero-order valence-corrected chi connectivity index (χ0v) is 17.9. The molecule has 0 saturated carbocycles. The number of likely N-dealkylation sites (tertiary alicyclic amines) is 3. The number of carbonyl (C=O) groups excluding carboxylic acids is 2. The van der Waals surface area contributed by atoms with Crippen molar-refractivity contribution in [1.29, 1.82) is 0 Å². The van der Waals surface area contributed by atoms with Crippen molar-refractivity contribution in [2.24, 2.45) is 11.8 Å². The number of nitrogens with zero attached hydrogens (tertiary/aromatic N) is 6. The number of rotatable bonds is 4. The predicted molar refractivity (Wildman–Crippen MR) is 114 cm³/mol. The molecule has 0 bridgehead atoms. The van der Waals surface area contributed by atoms with Gasteiger partial charge in [0.05, 0.1) is 11.5 Å². The number of piperidine rings is 1. The second kappa shape index (κ2) is 8.00. The maximum Gasteiger partial charge on any atom is 0.272 e. The fourth-order valence-electron chi connectivity index (χ4n) is 5.97. The number of hydrogen-bond donors (Lipinski definition) is 0. The molecule has 0 aliphatic carbocycles. The van der Waals surface area contributed by atoms with Crippen LogP contribution in [0.2, 0.25) is 0 Å². The first kappa shape index (κ1) is 20.1. The molecule has 162 valence electrons. The summed E-state index contributed by atoms with van der Waals surface area (Å²) in [7, 11) is 0. The van der Waals surface area contributed by atoms with Gasteiger partial charge in [0.2, 0.25) is 5.91 Å². The quantitative estimate of drug-likeness (QED) is 0.745. The lowest BCUT2D eigenvalue weighted by Gasteiger charge is -2.47. The molecule has 3 aliphatic heterocycles. The second-order valence-corrected chi connectivity index (χ2v) is 8.84. The molecule has 3 aliphatic rings. The molecule has 0 unspecified atom stereocenters. The van der Waals surface area contributed by atoms with Crippen LogP contribution in [0.3, 0.4) is 0 Å². The number of fused-ring (bicyclic) bond motifs is 2. The van der Waals surface area contributed by atoms with E-state index < -0.39 is 0 Å². The lowest BCUT2D eigenvalue weighted by Crippen LogP contribution is -2.57. The van der Waals surface area contributed by atoms with Crippen molar-refractivity contribution >= 4 is 11.8 Å². The third-order valence-electron chi connectivity index (χ3n) is 7.37. The lowest BCUT2D eigenvalue weighted by atomic mass is 9.75. The van der Waals surface area contributed by atoms with Gasteiger partial charge < -0.3 is 9.80 Å². The van der Waals surface area contributed by atoms with E-state index in [9.17, 15) is 9.59 Å². The van der Waals surface area contributed by atoms with Crippen LogP contribution < -0.4 is 0 Å². The van der Waals surface area contributed by atoms with E-state index in [1.165, 1.54) is 11.9 Å². The standard InChI is InChI=1S/C23H28N6O2/c1-2-29-21(30)18-14-27(13-17-4-3-8-24-12-17)15-19(18)23(29)6-10-28(11-7-23)22(31)20-5-9-25-16-26-20/h3-5,8-9,12,16,18-19H,2,6-7,10-11,13-15H2,1H3/t18-,19+/m1/s1. The first-order valence-electron chi connectivity index (χ1n) is 11.1. The minimum absolute atomic E-state index is 0.0502. The molecule has 0 aromatic carbocycles. The zero-order valence-electron chi connectivity index (χ0n) is 17.9. The van der Waals surface area contributed by atoms with Gasteiger partial charge in [-0.1, -0.05) is 6.07 Å². The topological polar surface area (TPSA) is 82.5 Å². The maximum atomic E-state index is 13.3. The van der Waals surface area contributed by atoms with Gasteiger partial charge in [-0.15, -0.1) is 0 Å². The van der Waals surface area contributed by atoms with Crippen molar-refractivity contribution in [3.63, 3.8) is 0 Å². The van der Waals surface area contributed by atoms with E-state index in [0.29, 0.717) is 24.7 Å². The normalized spacial score (nSPS) is 25.3. The summed E-state index contributed by atoms with van der Waals surface area (Å²) in [4.78, 5) is 44.8. The molecule has 8 heteroatoms. The molecule has 1 spiro atoms. The Morgan fingerprint density at radius 1 is 1.16 bits per heavy atom. The van der Waals surface area contributed by atoms with Crippen LogP contribution in [0, 0.1) is 11.8 Å². The molecule has 5 heterocycles. The summed E-state index contributed by atoms with van der Waals surface area (Å²) >= 11 is 0. The maximum absolute atomic E-state index is 13.3. The van der Waals surface area contributed by atoms with Crippen molar-refractivity contribution in [2.45, 2.75) is 31.8 Å². The van der Waals surface area contributed by atoms with E-state index >= 15 is 0 Å². The van der Waals surface area contributed by atoms with Crippen molar-refractivity contribution in [1.82, 2.24) is 29.7 Å². The number of carbonyl (C=O) groups is 2. The molecule has 2 aromatic rings. The summed E-state index contributed by atoms with van der Waals surface area (Å²) in [6.07, 6.45) is 8.35. The van der Waals surface area contributed by atoms with Crippen LogP contribution in [-0.2, 0) is 11.3 Å². The van der Waals surface area contributed by atoms with E-state index in [1.54, 1.807) is 18.5 Å². The SMILES string of the molecule is CCN1C(=O)[C@@H]2CN(Cc3cccnc3)C[C@@H]2C12CCN(C(=O)c1ccncn1)CC2. The minimum atomic E-state index is -0.150. The molecule has 2 atom stereocenters. The molecule has 3 saturated heterocycles. The van der Waals surface area contributed by atoms with Crippen LogP contribution in [0.25, 0.3) is 0 Å². The lowest BCUT2D eigenvalue weighted by molar-refractivity contribution is -0.135. The first-order chi connectivity index (χ1) is 15.1. The average molecular weight is 421 g/mol. The summed E-state index contributed by atoms with van der Waals surface area (Å²) in [5.74, 6) is 0.608. The van der Waals surface area contributed by atoms with E-state index in [-0.39, 0.29) is 23.3 Å². The monoisotopic (exact) mass is 420 g/mol. The largest absolute Gasteiger partial charge is 0.337 e. The Bertz CT molecular complexity index is 945. The Balaban J connectivity index is 1.32. The summed E-state index contributed by atoms with van der Waals surface area (Å²) in [6, 6.07) is 5.71. The highest BCUT2D eigenvalue weighted by atomic mass is 16.2. The predicted octanol–water partition coefficient (Wildman–Crippen LogP) is 1.46. The molecule has 2 amide bonds. The summed E-state index contributed by atoms with van der Waals surface area (Å²) < 4.78 is 0. The first-order valence-corrected chi connectivity index (χ1v) is 11.1. The Hall–Kier alpha value is -2.87. The molecule has 0 radical (unpaired) electrons. The number of pyridine rings is 1. The number of aromatic nitrogens is 3. The third-order valence-corrected chi connectivity index (χ3v) is 7.37.